The van der Waals surface area contributed by atoms with Crippen molar-refractivity contribution in [3.05, 3.63) is 64.0 Å². The van der Waals surface area contributed by atoms with Crippen LogP contribution in [0.4, 0.5) is 37.1 Å². The van der Waals surface area contributed by atoms with Crippen LogP contribution in [0.1, 0.15) is 62.6 Å². The Balaban J connectivity index is 1.31. The first-order valence-corrected chi connectivity index (χ1v) is 16.5. The number of benzene rings is 1. The van der Waals surface area contributed by atoms with E-state index in [0.717, 1.165) is 44.0 Å². The van der Waals surface area contributed by atoms with Gasteiger partial charge < -0.3 is 14.4 Å². The van der Waals surface area contributed by atoms with Crippen molar-refractivity contribution in [2.24, 2.45) is 11.8 Å². The van der Waals surface area contributed by atoms with E-state index in [1.165, 1.54) is 18.9 Å². The summed E-state index contributed by atoms with van der Waals surface area (Å²) < 4.78 is 92.4. The largest absolute Gasteiger partial charge is 0.469 e. The van der Waals surface area contributed by atoms with Crippen LogP contribution in [0.3, 0.4) is 0 Å². The molecule has 8 nitrogen and oxygen atoms in total. The number of hydrogen-bond donors (Lipinski definition) is 0. The third kappa shape index (κ3) is 7.25. The van der Waals surface area contributed by atoms with Gasteiger partial charge in [0.05, 0.1) is 37.2 Å². The standard InChI is InChI=1S/C34H35ClF6N4O4/c1-18-29(22-12-23(33(36,37)38)15-24(13-22)34(39,40)41)49-32(47)45(18)17-28-26(16-42-31(43-28)44-10-3-11-44)25-14-21(8-9-27(25)35)19-4-6-20(7-5-19)30(46)48-2/h8-9,12-14,16,18-20,23,29H,3-7,10-11,15,17H2,1-2H3/t18-,19?,20?,23?,29-/m0/s1. The zero-order valence-electron chi connectivity index (χ0n) is 26.8. The lowest BCUT2D eigenvalue weighted by Gasteiger charge is -2.32. The molecule has 2 aliphatic heterocycles. The van der Waals surface area contributed by atoms with Gasteiger partial charge in [-0.05, 0) is 80.7 Å². The van der Waals surface area contributed by atoms with Crippen molar-refractivity contribution in [3.63, 3.8) is 0 Å². The fourth-order valence-corrected chi connectivity index (χ4v) is 7.21. The number of nitrogens with zero attached hydrogens (tertiary/aromatic N) is 4. The fourth-order valence-electron chi connectivity index (χ4n) is 7.00. The molecule has 4 aliphatic rings. The van der Waals surface area contributed by atoms with Crippen molar-refractivity contribution in [1.29, 1.82) is 0 Å². The van der Waals surface area contributed by atoms with Gasteiger partial charge >= 0.3 is 24.4 Å². The number of ether oxygens (including phenoxy) is 2. The quantitative estimate of drug-likeness (QED) is 0.212. The number of hydrogen-bond acceptors (Lipinski definition) is 7. The summed E-state index contributed by atoms with van der Waals surface area (Å²) in [5, 5.41) is 0.402. The molecule has 2 aromatic rings. The SMILES string of the molecule is COC(=O)C1CCC(c2ccc(Cl)c(-c3cnc(N4CCC4)nc3CN3C(=O)O[C@H](C4=CC(C(F)(F)F)CC(C(F)(F)F)=C4)[C@@H]3C)c2)CC1. The number of carbonyl (C=O) groups is 2. The molecule has 0 N–H and O–H groups in total. The van der Waals surface area contributed by atoms with Crippen molar-refractivity contribution in [2.45, 2.75) is 82.4 Å². The first-order valence-electron chi connectivity index (χ1n) is 16.2. The highest BCUT2D eigenvalue weighted by Crippen LogP contribution is 2.44. The fraction of sp³-hybridized carbons (Fsp3) is 0.529. The molecule has 1 amide bonds. The first kappa shape index (κ1) is 35.0. The topological polar surface area (TPSA) is 84.9 Å². The van der Waals surface area contributed by atoms with Gasteiger partial charge in [-0.2, -0.15) is 26.3 Å². The van der Waals surface area contributed by atoms with E-state index in [2.05, 4.69) is 4.98 Å². The van der Waals surface area contributed by atoms with Crippen molar-refractivity contribution in [2.75, 3.05) is 25.1 Å². The van der Waals surface area contributed by atoms with Crippen molar-refractivity contribution in [3.8, 4) is 11.1 Å². The summed E-state index contributed by atoms with van der Waals surface area (Å²) >= 11 is 6.74. The third-order valence-corrected chi connectivity index (χ3v) is 10.3. The Morgan fingerprint density at radius 3 is 2.41 bits per heavy atom. The van der Waals surface area contributed by atoms with E-state index in [0.29, 0.717) is 46.7 Å². The first-order chi connectivity index (χ1) is 23.1. The summed E-state index contributed by atoms with van der Waals surface area (Å²) in [5.41, 5.74) is 0.844. The van der Waals surface area contributed by atoms with Crippen molar-refractivity contribution >= 4 is 29.6 Å². The van der Waals surface area contributed by atoms with Crippen LogP contribution in [0.2, 0.25) is 5.02 Å². The van der Waals surface area contributed by atoms with Gasteiger partial charge in [0.25, 0.3) is 0 Å². The molecule has 2 aliphatic carbocycles. The molecule has 0 spiro atoms. The Bertz CT molecular complexity index is 1670. The molecule has 1 aromatic heterocycles. The summed E-state index contributed by atoms with van der Waals surface area (Å²) in [6.07, 6.45) is -6.56. The number of cyclic esters (lactones) is 1. The van der Waals surface area contributed by atoms with E-state index in [9.17, 15) is 35.9 Å². The van der Waals surface area contributed by atoms with Crippen molar-refractivity contribution in [1.82, 2.24) is 14.9 Å². The number of alkyl halides is 6. The number of esters is 1. The monoisotopic (exact) mass is 712 g/mol. The number of amides is 1. The molecule has 0 bridgehead atoms. The second-order valence-corrected chi connectivity index (χ2v) is 13.4. The summed E-state index contributed by atoms with van der Waals surface area (Å²) in [6, 6.07) is 4.71. The van der Waals surface area contributed by atoms with Crippen LogP contribution >= 0.6 is 11.6 Å². The van der Waals surface area contributed by atoms with Crippen LogP contribution in [0.15, 0.2) is 47.7 Å². The number of anilines is 1. The summed E-state index contributed by atoms with van der Waals surface area (Å²) in [6.45, 7) is 2.82. The second kappa shape index (κ2) is 13.5. The van der Waals surface area contributed by atoms with Crippen LogP contribution in [0, 0.1) is 11.8 Å². The lowest BCUT2D eigenvalue weighted by Crippen LogP contribution is -2.39. The molecule has 0 radical (unpaired) electrons. The molecule has 2 saturated heterocycles. The van der Waals surface area contributed by atoms with E-state index in [1.54, 1.807) is 12.3 Å². The molecule has 6 rings (SSSR count). The minimum absolute atomic E-state index is 0.146. The molecule has 1 unspecified atom stereocenters. The average Bonchev–Trinajstić information content (AvgIpc) is 3.31. The Labute approximate surface area is 284 Å². The Kier molecular flexibility index (Phi) is 9.64. The van der Waals surface area contributed by atoms with Gasteiger partial charge in [0.2, 0.25) is 5.95 Å². The van der Waals surface area contributed by atoms with Gasteiger partial charge in [-0.25, -0.2) is 14.8 Å². The van der Waals surface area contributed by atoms with Crippen molar-refractivity contribution < 1.29 is 45.4 Å². The third-order valence-electron chi connectivity index (χ3n) is 10.0. The molecule has 3 fully saturated rings. The summed E-state index contributed by atoms with van der Waals surface area (Å²) in [7, 11) is 1.38. The molecule has 1 aromatic carbocycles. The van der Waals surface area contributed by atoms with E-state index in [4.69, 9.17) is 26.1 Å². The molecule has 3 atom stereocenters. The predicted molar refractivity (Wildman–Crippen MR) is 168 cm³/mol. The van der Waals surface area contributed by atoms with Crippen LogP contribution in [-0.4, -0.2) is 71.6 Å². The van der Waals surface area contributed by atoms with Crippen LogP contribution in [0.5, 0.6) is 0 Å². The van der Waals surface area contributed by atoms with Crippen LogP contribution in [0.25, 0.3) is 11.1 Å². The second-order valence-electron chi connectivity index (χ2n) is 13.0. The Morgan fingerprint density at radius 1 is 1.08 bits per heavy atom. The van der Waals surface area contributed by atoms with Gasteiger partial charge in [0.15, 0.2) is 0 Å². The molecular formula is C34H35ClF6N4O4. The van der Waals surface area contributed by atoms with Gasteiger partial charge in [-0.1, -0.05) is 23.7 Å². The molecule has 264 valence electrons. The number of halogens is 7. The highest BCUT2D eigenvalue weighted by molar-refractivity contribution is 6.33. The number of allylic oxidation sites excluding steroid dienone is 2. The smallest absolute Gasteiger partial charge is 0.412 e. The highest BCUT2D eigenvalue weighted by atomic mass is 35.5. The Hall–Kier alpha value is -3.81. The average molecular weight is 713 g/mol. The Morgan fingerprint density at radius 2 is 1.80 bits per heavy atom. The molecule has 15 heteroatoms. The van der Waals surface area contributed by atoms with E-state index >= 15 is 0 Å². The molecular weight excluding hydrogens is 678 g/mol. The number of rotatable bonds is 7. The zero-order valence-corrected chi connectivity index (χ0v) is 27.5. The maximum atomic E-state index is 13.7. The number of methoxy groups -OCH3 is 1. The summed E-state index contributed by atoms with van der Waals surface area (Å²) in [5.74, 6) is -2.15. The minimum atomic E-state index is -4.98. The lowest BCUT2D eigenvalue weighted by atomic mass is 9.78. The van der Waals surface area contributed by atoms with Crippen LogP contribution < -0.4 is 4.90 Å². The van der Waals surface area contributed by atoms with Gasteiger partial charge in [-0.3, -0.25) is 9.69 Å². The van der Waals surface area contributed by atoms with Gasteiger partial charge in [-0.15, -0.1) is 0 Å². The zero-order chi connectivity index (χ0) is 35.2. The lowest BCUT2D eigenvalue weighted by molar-refractivity contribution is -0.166. The number of carbonyl (C=O) groups excluding carboxylic acids is 2. The van der Waals surface area contributed by atoms with E-state index in [-0.39, 0.29) is 29.9 Å². The molecule has 3 heterocycles. The maximum absolute atomic E-state index is 13.7. The van der Waals surface area contributed by atoms with Gasteiger partial charge in [0, 0.05) is 41.0 Å². The van der Waals surface area contributed by atoms with E-state index < -0.39 is 48.5 Å². The van der Waals surface area contributed by atoms with Gasteiger partial charge in [0.1, 0.15) is 6.10 Å². The predicted octanol–water partition coefficient (Wildman–Crippen LogP) is 8.16. The van der Waals surface area contributed by atoms with E-state index in [1.807, 2.05) is 17.0 Å². The number of aromatic nitrogens is 2. The normalized spacial score (nSPS) is 26.1. The molecule has 1 saturated carbocycles. The summed E-state index contributed by atoms with van der Waals surface area (Å²) in [4.78, 5) is 37.9. The minimum Gasteiger partial charge on any atom is -0.469 e. The highest BCUT2D eigenvalue weighted by Gasteiger charge is 2.49. The van der Waals surface area contributed by atoms with Crippen LogP contribution in [-0.2, 0) is 20.8 Å². The molecule has 49 heavy (non-hydrogen) atoms. The maximum Gasteiger partial charge on any atom is 0.412 e.